The number of carbonyl (C=O) groups excluding carboxylic acids is 1. The number of likely N-dealkylation sites (tertiary alicyclic amines) is 1. The average molecular weight is 356 g/mol. The molecule has 2 aromatic heterocycles. The van der Waals surface area contributed by atoms with Crippen LogP contribution >= 0.6 is 0 Å². The molecule has 1 amide bonds. The fourth-order valence-electron chi connectivity index (χ4n) is 3.87. The van der Waals surface area contributed by atoms with E-state index in [1.165, 1.54) is 0 Å². The van der Waals surface area contributed by atoms with E-state index >= 15 is 0 Å². The predicted octanol–water partition coefficient (Wildman–Crippen LogP) is 2.58. The van der Waals surface area contributed by atoms with Crippen LogP contribution < -0.4 is 0 Å². The number of furan rings is 1. The van der Waals surface area contributed by atoms with Gasteiger partial charge in [0.05, 0.1) is 43.3 Å². The number of aromatic nitrogens is 1. The zero-order chi connectivity index (χ0) is 17.8. The molecule has 4 rings (SSSR count). The van der Waals surface area contributed by atoms with Gasteiger partial charge in [-0.2, -0.15) is 0 Å². The number of carbonyl (C=O) groups is 1. The van der Waals surface area contributed by atoms with Crippen LogP contribution in [-0.4, -0.2) is 47.2 Å². The number of amides is 1. The summed E-state index contributed by atoms with van der Waals surface area (Å²) in [6.45, 7) is 2.49. The average Bonchev–Trinajstić information content (AvgIpc) is 3.31. The summed E-state index contributed by atoms with van der Waals surface area (Å²) < 4.78 is 17.4. The number of rotatable bonds is 5. The van der Waals surface area contributed by atoms with Gasteiger partial charge in [0.2, 0.25) is 5.91 Å². The second-order valence-corrected chi connectivity index (χ2v) is 7.13. The highest BCUT2D eigenvalue weighted by Crippen LogP contribution is 2.36. The monoisotopic (exact) mass is 356 g/mol. The van der Waals surface area contributed by atoms with Crippen LogP contribution in [0, 0.1) is 0 Å². The predicted molar refractivity (Wildman–Crippen MR) is 94.3 cm³/mol. The van der Waals surface area contributed by atoms with Crippen molar-refractivity contribution < 1.29 is 18.7 Å². The number of ether oxygens (including phenoxy) is 2. The number of nitrogens with zero attached hydrogens (tertiary/aromatic N) is 2. The minimum atomic E-state index is -0.272. The molecule has 0 saturated carbocycles. The van der Waals surface area contributed by atoms with Crippen LogP contribution in [0.15, 0.2) is 47.2 Å². The maximum Gasteiger partial charge on any atom is 0.230 e. The molecule has 0 N–H and O–H groups in total. The Morgan fingerprint density at radius 2 is 2.31 bits per heavy atom. The smallest absolute Gasteiger partial charge is 0.230 e. The van der Waals surface area contributed by atoms with E-state index in [0.29, 0.717) is 31.9 Å². The van der Waals surface area contributed by atoms with Crippen molar-refractivity contribution in [1.29, 1.82) is 0 Å². The van der Waals surface area contributed by atoms with Crippen molar-refractivity contribution in [2.24, 2.45) is 0 Å². The van der Waals surface area contributed by atoms with Gasteiger partial charge < -0.3 is 18.8 Å². The van der Waals surface area contributed by atoms with Crippen LogP contribution in [0.25, 0.3) is 0 Å². The second-order valence-electron chi connectivity index (χ2n) is 7.13. The van der Waals surface area contributed by atoms with E-state index in [0.717, 1.165) is 31.5 Å². The molecule has 0 unspecified atom stereocenters. The largest absolute Gasteiger partial charge is 0.469 e. The van der Waals surface area contributed by atoms with Gasteiger partial charge in [-0.15, -0.1) is 0 Å². The third-order valence-corrected chi connectivity index (χ3v) is 5.17. The van der Waals surface area contributed by atoms with Gasteiger partial charge in [-0.05, 0) is 37.1 Å². The van der Waals surface area contributed by atoms with E-state index in [1.807, 2.05) is 35.2 Å². The maximum absolute atomic E-state index is 12.6. The maximum atomic E-state index is 12.6. The number of piperidine rings is 1. The first-order valence-corrected chi connectivity index (χ1v) is 9.18. The van der Waals surface area contributed by atoms with E-state index in [-0.39, 0.29) is 17.6 Å². The topological polar surface area (TPSA) is 64.8 Å². The molecule has 0 radical (unpaired) electrons. The lowest BCUT2D eigenvalue weighted by molar-refractivity contribution is -0.138. The summed E-state index contributed by atoms with van der Waals surface area (Å²) in [6.07, 6.45) is 6.49. The third kappa shape index (κ3) is 3.97. The molecule has 4 heterocycles. The quantitative estimate of drug-likeness (QED) is 0.824. The molecule has 2 aliphatic rings. The Morgan fingerprint density at radius 3 is 3.12 bits per heavy atom. The van der Waals surface area contributed by atoms with Crippen molar-refractivity contribution in [2.75, 3.05) is 19.7 Å². The SMILES string of the molecule is O=C(Cc1ccco1)N1CCC[C@]2(C[C@@H](OCc3ccccn3)CO2)C1. The van der Waals surface area contributed by atoms with E-state index in [1.54, 1.807) is 12.5 Å². The molecule has 6 nitrogen and oxygen atoms in total. The Balaban J connectivity index is 1.31. The zero-order valence-electron chi connectivity index (χ0n) is 14.8. The molecule has 2 saturated heterocycles. The molecule has 2 aromatic rings. The van der Waals surface area contributed by atoms with Gasteiger partial charge >= 0.3 is 0 Å². The van der Waals surface area contributed by atoms with Gasteiger partial charge in [0, 0.05) is 25.7 Å². The minimum absolute atomic E-state index is 0.0529. The van der Waals surface area contributed by atoms with Crippen LogP contribution in [0.5, 0.6) is 0 Å². The molecule has 138 valence electrons. The van der Waals surface area contributed by atoms with Gasteiger partial charge in [-0.1, -0.05) is 6.07 Å². The number of hydrogen-bond acceptors (Lipinski definition) is 5. The van der Waals surface area contributed by atoms with E-state index in [4.69, 9.17) is 13.9 Å². The lowest BCUT2D eigenvalue weighted by atomic mass is 9.89. The molecule has 0 bridgehead atoms. The van der Waals surface area contributed by atoms with Crippen molar-refractivity contribution in [3.63, 3.8) is 0 Å². The lowest BCUT2D eigenvalue weighted by Gasteiger charge is -2.39. The van der Waals surface area contributed by atoms with E-state index < -0.39 is 0 Å². The van der Waals surface area contributed by atoms with Crippen LogP contribution in [0.3, 0.4) is 0 Å². The molecule has 2 aliphatic heterocycles. The van der Waals surface area contributed by atoms with Crippen molar-refractivity contribution in [3.8, 4) is 0 Å². The Labute approximate surface area is 153 Å². The third-order valence-electron chi connectivity index (χ3n) is 5.17. The minimum Gasteiger partial charge on any atom is -0.469 e. The lowest BCUT2D eigenvalue weighted by Crippen LogP contribution is -2.50. The van der Waals surface area contributed by atoms with Crippen LogP contribution in [-0.2, 0) is 27.3 Å². The highest BCUT2D eigenvalue weighted by atomic mass is 16.6. The summed E-state index contributed by atoms with van der Waals surface area (Å²) in [6, 6.07) is 9.46. The van der Waals surface area contributed by atoms with Crippen molar-refractivity contribution in [2.45, 2.75) is 44.0 Å². The molecular formula is C20H24N2O4. The van der Waals surface area contributed by atoms with Gasteiger partial charge in [-0.25, -0.2) is 0 Å². The highest BCUT2D eigenvalue weighted by Gasteiger charge is 2.44. The van der Waals surface area contributed by atoms with Gasteiger partial charge in [0.1, 0.15) is 5.76 Å². The van der Waals surface area contributed by atoms with Crippen LogP contribution in [0.4, 0.5) is 0 Å². The molecular weight excluding hydrogens is 332 g/mol. The second kappa shape index (κ2) is 7.60. The summed E-state index contributed by atoms with van der Waals surface area (Å²) in [5.41, 5.74) is 0.652. The Bertz CT molecular complexity index is 719. The summed E-state index contributed by atoms with van der Waals surface area (Å²) in [4.78, 5) is 18.8. The first-order valence-electron chi connectivity index (χ1n) is 9.18. The zero-order valence-corrected chi connectivity index (χ0v) is 14.8. The molecule has 0 aliphatic carbocycles. The molecule has 2 atom stereocenters. The Hall–Kier alpha value is -2.18. The molecule has 0 aromatic carbocycles. The fourth-order valence-corrected chi connectivity index (χ4v) is 3.87. The first kappa shape index (κ1) is 17.2. The van der Waals surface area contributed by atoms with Gasteiger partial charge in [-0.3, -0.25) is 9.78 Å². The van der Waals surface area contributed by atoms with Crippen molar-refractivity contribution in [1.82, 2.24) is 9.88 Å². The van der Waals surface area contributed by atoms with Crippen molar-refractivity contribution in [3.05, 3.63) is 54.2 Å². The van der Waals surface area contributed by atoms with E-state index in [2.05, 4.69) is 4.98 Å². The number of hydrogen-bond donors (Lipinski definition) is 0. The molecule has 6 heteroatoms. The summed E-state index contributed by atoms with van der Waals surface area (Å²) in [5, 5.41) is 0. The van der Waals surface area contributed by atoms with Crippen LogP contribution in [0.1, 0.15) is 30.7 Å². The molecule has 2 fully saturated rings. The van der Waals surface area contributed by atoms with Gasteiger partial charge in [0.25, 0.3) is 0 Å². The standard InChI is InChI=1S/C20H24N2O4/c23-19(11-17-6-3-10-24-17)22-9-4-7-20(15-22)12-18(14-26-20)25-13-16-5-1-2-8-21-16/h1-3,5-6,8,10,18H,4,7,9,11-15H2/t18-,20+/m1/s1. The fraction of sp³-hybridized carbons (Fsp3) is 0.500. The highest BCUT2D eigenvalue weighted by molar-refractivity contribution is 5.78. The molecule has 26 heavy (non-hydrogen) atoms. The van der Waals surface area contributed by atoms with Gasteiger partial charge in [0.15, 0.2) is 0 Å². The molecule has 1 spiro atoms. The van der Waals surface area contributed by atoms with Crippen molar-refractivity contribution >= 4 is 5.91 Å². The normalized spacial score (nSPS) is 25.7. The summed E-state index contributed by atoms with van der Waals surface area (Å²) in [7, 11) is 0. The Kier molecular flexibility index (Phi) is 5.04. The van der Waals surface area contributed by atoms with E-state index in [9.17, 15) is 4.79 Å². The summed E-state index contributed by atoms with van der Waals surface area (Å²) >= 11 is 0. The van der Waals surface area contributed by atoms with Crippen LogP contribution in [0.2, 0.25) is 0 Å². The summed E-state index contributed by atoms with van der Waals surface area (Å²) in [5.74, 6) is 0.805. The Morgan fingerprint density at radius 1 is 1.35 bits per heavy atom. The first-order chi connectivity index (χ1) is 12.7. The number of pyridine rings is 1.